The highest BCUT2D eigenvalue weighted by molar-refractivity contribution is 5.25. The van der Waals surface area contributed by atoms with E-state index in [1.165, 1.54) is 24.0 Å². The van der Waals surface area contributed by atoms with Crippen molar-refractivity contribution in [3.63, 3.8) is 0 Å². The fraction of sp³-hybridized carbons (Fsp3) is 0.636. The van der Waals surface area contributed by atoms with E-state index in [1.54, 1.807) is 0 Å². The van der Waals surface area contributed by atoms with Gasteiger partial charge in [-0.25, -0.2) is 0 Å². The molecule has 0 radical (unpaired) electrons. The summed E-state index contributed by atoms with van der Waals surface area (Å²) in [5.74, 6) is 1.46. The summed E-state index contributed by atoms with van der Waals surface area (Å²) >= 11 is 0. The Kier molecular flexibility index (Phi) is 2.53. The zero-order valence-corrected chi connectivity index (χ0v) is 7.69. The number of hydrogen-bond donors (Lipinski definition) is 0. The van der Waals surface area contributed by atoms with Crippen molar-refractivity contribution in [2.45, 2.75) is 33.1 Å². The minimum absolute atomic E-state index is 0.729. The number of hydrogen-bond acceptors (Lipinski definition) is 0. The molecule has 0 spiro atoms. The molecule has 0 bridgehead atoms. The minimum Gasteiger partial charge on any atom is -0.0992 e. The maximum absolute atomic E-state index is 4.09. The molecule has 0 heterocycles. The van der Waals surface area contributed by atoms with Gasteiger partial charge in [-0.3, -0.25) is 0 Å². The predicted octanol–water partition coefficient (Wildman–Crippen LogP) is 3.55. The van der Waals surface area contributed by atoms with Gasteiger partial charge in [0.25, 0.3) is 0 Å². The van der Waals surface area contributed by atoms with E-state index in [4.69, 9.17) is 0 Å². The first-order chi connectivity index (χ1) is 5.20. The lowest BCUT2D eigenvalue weighted by atomic mass is 9.88. The third-order valence-corrected chi connectivity index (χ3v) is 2.87. The van der Waals surface area contributed by atoms with Gasteiger partial charge < -0.3 is 0 Å². The smallest absolute Gasteiger partial charge is 0.0108 e. The Balaban J connectivity index is 2.74. The molecule has 0 N–H and O–H groups in total. The summed E-state index contributed by atoms with van der Waals surface area (Å²) in [6, 6.07) is 0. The van der Waals surface area contributed by atoms with Crippen LogP contribution in [0.2, 0.25) is 0 Å². The molecule has 0 aromatic rings. The molecule has 11 heavy (non-hydrogen) atoms. The Bertz CT molecular complexity index is 156. The molecule has 0 aromatic carbocycles. The van der Waals surface area contributed by atoms with Crippen LogP contribution in [-0.2, 0) is 0 Å². The third kappa shape index (κ3) is 1.40. The molecule has 1 rings (SSSR count). The van der Waals surface area contributed by atoms with Gasteiger partial charge in [-0.05, 0) is 31.1 Å². The van der Waals surface area contributed by atoms with Crippen molar-refractivity contribution in [1.29, 1.82) is 0 Å². The largest absolute Gasteiger partial charge is 0.0992 e. The monoisotopic (exact) mass is 150 g/mol. The zero-order valence-electron chi connectivity index (χ0n) is 7.69. The summed E-state index contributed by atoms with van der Waals surface area (Å²) in [5, 5.41) is 0. The first-order valence-corrected chi connectivity index (χ1v) is 4.56. The Labute approximate surface area is 70.0 Å². The van der Waals surface area contributed by atoms with E-state index in [9.17, 15) is 0 Å². The van der Waals surface area contributed by atoms with E-state index in [-0.39, 0.29) is 0 Å². The fourth-order valence-electron chi connectivity index (χ4n) is 2.27. The normalized spacial score (nSPS) is 31.5. The Morgan fingerprint density at radius 3 is 1.73 bits per heavy atom. The van der Waals surface area contributed by atoms with E-state index < -0.39 is 0 Å². The molecule has 0 saturated heterocycles. The summed E-state index contributed by atoms with van der Waals surface area (Å²) in [6.45, 7) is 12.7. The molecule has 0 amide bonds. The summed E-state index contributed by atoms with van der Waals surface area (Å²) in [4.78, 5) is 0. The first kappa shape index (κ1) is 8.58. The maximum Gasteiger partial charge on any atom is -0.0108 e. The molecule has 62 valence electrons. The van der Waals surface area contributed by atoms with Crippen LogP contribution in [0.15, 0.2) is 24.3 Å². The average molecular weight is 150 g/mol. The standard InChI is InChI=1S/C11H18/c1-5-10-8(3)7-9(4)11(10)6-2/h10-11H,3-7H2,1-2H3. The summed E-state index contributed by atoms with van der Waals surface area (Å²) in [7, 11) is 0. The van der Waals surface area contributed by atoms with E-state index >= 15 is 0 Å². The van der Waals surface area contributed by atoms with Gasteiger partial charge in [-0.2, -0.15) is 0 Å². The van der Waals surface area contributed by atoms with Crippen LogP contribution < -0.4 is 0 Å². The summed E-state index contributed by atoms with van der Waals surface area (Å²) in [6.07, 6.45) is 3.55. The lowest BCUT2D eigenvalue weighted by Crippen LogP contribution is -2.07. The van der Waals surface area contributed by atoms with Crippen LogP contribution in [0.4, 0.5) is 0 Å². The lowest BCUT2D eigenvalue weighted by molar-refractivity contribution is 0.451. The first-order valence-electron chi connectivity index (χ1n) is 4.56. The summed E-state index contributed by atoms with van der Waals surface area (Å²) in [5.41, 5.74) is 2.81. The van der Waals surface area contributed by atoms with Crippen LogP contribution in [0.5, 0.6) is 0 Å². The Hall–Kier alpha value is -0.520. The predicted molar refractivity (Wildman–Crippen MR) is 50.5 cm³/mol. The van der Waals surface area contributed by atoms with Crippen molar-refractivity contribution in [3.8, 4) is 0 Å². The highest BCUT2D eigenvalue weighted by Crippen LogP contribution is 2.42. The van der Waals surface area contributed by atoms with Crippen LogP contribution in [0.1, 0.15) is 33.1 Å². The van der Waals surface area contributed by atoms with Gasteiger partial charge in [0.05, 0.1) is 0 Å². The minimum atomic E-state index is 0.729. The Morgan fingerprint density at radius 2 is 1.45 bits per heavy atom. The van der Waals surface area contributed by atoms with Crippen molar-refractivity contribution in [2.24, 2.45) is 11.8 Å². The van der Waals surface area contributed by atoms with Crippen molar-refractivity contribution in [2.75, 3.05) is 0 Å². The van der Waals surface area contributed by atoms with Crippen LogP contribution in [0.25, 0.3) is 0 Å². The SMILES string of the molecule is C=C1CC(=C)C(CC)C1CC. The molecule has 2 atom stereocenters. The van der Waals surface area contributed by atoms with Gasteiger partial charge in [0.15, 0.2) is 0 Å². The van der Waals surface area contributed by atoms with E-state index in [1.807, 2.05) is 0 Å². The van der Waals surface area contributed by atoms with Crippen LogP contribution in [0, 0.1) is 11.8 Å². The van der Waals surface area contributed by atoms with Gasteiger partial charge in [0.1, 0.15) is 0 Å². The number of allylic oxidation sites excluding steroid dienone is 2. The van der Waals surface area contributed by atoms with Crippen LogP contribution in [-0.4, -0.2) is 0 Å². The van der Waals surface area contributed by atoms with E-state index in [2.05, 4.69) is 27.0 Å². The van der Waals surface area contributed by atoms with E-state index in [0.29, 0.717) is 0 Å². The molecule has 0 aliphatic heterocycles. The third-order valence-electron chi connectivity index (χ3n) is 2.87. The highest BCUT2D eigenvalue weighted by Gasteiger charge is 2.29. The average Bonchev–Trinajstić information content (AvgIpc) is 2.24. The van der Waals surface area contributed by atoms with Gasteiger partial charge in [0.2, 0.25) is 0 Å². The second kappa shape index (κ2) is 3.25. The zero-order chi connectivity index (χ0) is 8.43. The topological polar surface area (TPSA) is 0 Å². The van der Waals surface area contributed by atoms with Crippen molar-refractivity contribution in [1.82, 2.24) is 0 Å². The van der Waals surface area contributed by atoms with Crippen LogP contribution in [0.3, 0.4) is 0 Å². The van der Waals surface area contributed by atoms with Crippen molar-refractivity contribution < 1.29 is 0 Å². The van der Waals surface area contributed by atoms with Crippen molar-refractivity contribution >= 4 is 0 Å². The van der Waals surface area contributed by atoms with Gasteiger partial charge >= 0.3 is 0 Å². The molecule has 1 aliphatic rings. The Morgan fingerprint density at radius 1 is 1.09 bits per heavy atom. The fourth-order valence-corrected chi connectivity index (χ4v) is 2.27. The maximum atomic E-state index is 4.09. The lowest BCUT2D eigenvalue weighted by Gasteiger charge is -2.16. The molecule has 2 unspecified atom stereocenters. The molecule has 0 aromatic heterocycles. The molecular formula is C11H18. The molecule has 0 nitrogen and oxygen atoms in total. The highest BCUT2D eigenvalue weighted by atomic mass is 14.3. The molecule has 0 heteroatoms. The second-order valence-corrected chi connectivity index (χ2v) is 3.52. The van der Waals surface area contributed by atoms with Gasteiger partial charge in [-0.15, -0.1) is 0 Å². The van der Waals surface area contributed by atoms with Gasteiger partial charge in [0, 0.05) is 0 Å². The molecule has 1 fully saturated rings. The van der Waals surface area contributed by atoms with Crippen molar-refractivity contribution in [3.05, 3.63) is 24.3 Å². The summed E-state index contributed by atoms with van der Waals surface area (Å²) < 4.78 is 0. The van der Waals surface area contributed by atoms with Crippen LogP contribution >= 0.6 is 0 Å². The quantitative estimate of drug-likeness (QED) is 0.528. The van der Waals surface area contributed by atoms with E-state index in [0.717, 1.165) is 18.3 Å². The van der Waals surface area contributed by atoms with Gasteiger partial charge in [-0.1, -0.05) is 38.2 Å². The molecule has 1 aliphatic carbocycles. The second-order valence-electron chi connectivity index (χ2n) is 3.52. The molecule has 1 saturated carbocycles. The number of rotatable bonds is 2. The molecular weight excluding hydrogens is 132 g/mol.